The first-order valence-corrected chi connectivity index (χ1v) is 10.4. The quantitative estimate of drug-likeness (QED) is 0.463. The molecule has 1 unspecified atom stereocenters. The van der Waals surface area contributed by atoms with Crippen LogP contribution in [0.4, 0.5) is 13.2 Å². The molecule has 0 bridgehead atoms. The van der Waals surface area contributed by atoms with E-state index in [1.165, 1.54) is 0 Å². The number of benzene rings is 1. The summed E-state index contributed by atoms with van der Waals surface area (Å²) in [5.74, 6) is -5.99. The molecule has 0 aromatic heterocycles. The van der Waals surface area contributed by atoms with Crippen molar-refractivity contribution < 1.29 is 41.8 Å². The molecule has 7 nitrogen and oxygen atoms in total. The van der Waals surface area contributed by atoms with Gasteiger partial charge in [0.25, 0.3) is 0 Å². The Kier molecular flexibility index (Phi) is 7.45. The fraction of sp³-hybridized carbons (Fsp3) is 0.435. The van der Waals surface area contributed by atoms with Crippen LogP contribution in [-0.2, 0) is 28.6 Å². The van der Waals surface area contributed by atoms with Crippen LogP contribution < -0.4 is 5.32 Å². The zero-order valence-electron chi connectivity index (χ0n) is 18.4. The molecule has 0 saturated heterocycles. The molecular weight excluding hydrogens is 443 g/mol. The van der Waals surface area contributed by atoms with Crippen molar-refractivity contribution in [3.05, 3.63) is 57.4 Å². The van der Waals surface area contributed by atoms with Crippen molar-refractivity contribution in [2.75, 3.05) is 27.0 Å². The lowest BCUT2D eigenvalue weighted by Gasteiger charge is -2.32. The summed E-state index contributed by atoms with van der Waals surface area (Å²) in [4.78, 5) is 37.2. The van der Waals surface area contributed by atoms with Crippen LogP contribution in [0.15, 0.2) is 34.7 Å². The van der Waals surface area contributed by atoms with E-state index in [0.29, 0.717) is 12.8 Å². The van der Waals surface area contributed by atoms with Crippen LogP contribution in [0.3, 0.4) is 0 Å². The average Bonchev–Trinajstić information content (AvgIpc) is 3.60. The van der Waals surface area contributed by atoms with E-state index in [0.717, 1.165) is 26.2 Å². The second kappa shape index (κ2) is 10.1. The Labute approximate surface area is 188 Å². The fourth-order valence-corrected chi connectivity index (χ4v) is 3.96. The third-order valence-corrected chi connectivity index (χ3v) is 5.41. The van der Waals surface area contributed by atoms with Crippen molar-refractivity contribution in [1.82, 2.24) is 5.32 Å². The van der Waals surface area contributed by atoms with Gasteiger partial charge in [-0.05, 0) is 42.9 Å². The van der Waals surface area contributed by atoms with Gasteiger partial charge >= 0.3 is 17.9 Å². The molecule has 1 fully saturated rings. The highest BCUT2D eigenvalue weighted by atomic mass is 19.1. The van der Waals surface area contributed by atoms with E-state index in [2.05, 4.69) is 5.32 Å². The predicted molar refractivity (Wildman–Crippen MR) is 110 cm³/mol. The maximum absolute atomic E-state index is 14.9. The summed E-state index contributed by atoms with van der Waals surface area (Å²) in [5.41, 5.74) is -0.735. The van der Waals surface area contributed by atoms with Gasteiger partial charge < -0.3 is 19.5 Å². The van der Waals surface area contributed by atoms with Gasteiger partial charge in [0.2, 0.25) is 0 Å². The third kappa shape index (κ3) is 5.04. The lowest BCUT2D eigenvalue weighted by molar-refractivity contribution is -0.142. The zero-order chi connectivity index (χ0) is 24.3. The third-order valence-electron chi connectivity index (χ3n) is 5.41. The highest BCUT2D eigenvalue weighted by molar-refractivity contribution is 6.00. The second-order valence-corrected chi connectivity index (χ2v) is 7.63. The van der Waals surface area contributed by atoms with Gasteiger partial charge in [0.15, 0.2) is 0 Å². The first kappa shape index (κ1) is 24.3. The van der Waals surface area contributed by atoms with Crippen molar-refractivity contribution in [3.63, 3.8) is 0 Å². The summed E-state index contributed by atoms with van der Waals surface area (Å²) in [6, 6.07) is 1.75. The number of carbonyl (C=O) groups excluding carboxylic acids is 3. The standard InChI is InChI=1S/C23H24F3NO6/c1-4-32-23(30)21-17(10-33-11(2)28)27-16(9-24)20(22(29)31-3)19(21)14-7-13(25)8-15(26)18(14)12-5-6-12/h7-8,12,19,27H,4-6,9-10H2,1-3H3. The number of nitrogens with one attached hydrogen (secondary N) is 1. The SMILES string of the molecule is CCOC(=O)C1=C(COC(C)=O)NC(CF)=C(C(=O)OC)C1c1cc(F)cc(F)c1C1CC1. The number of hydrogen-bond donors (Lipinski definition) is 1. The minimum absolute atomic E-state index is 0.00812. The molecule has 10 heteroatoms. The molecule has 1 aliphatic heterocycles. The summed E-state index contributed by atoms with van der Waals surface area (Å²) in [6.07, 6.45) is 1.26. The van der Waals surface area contributed by atoms with E-state index >= 15 is 0 Å². The Morgan fingerprint density at radius 2 is 1.73 bits per heavy atom. The number of hydrogen-bond acceptors (Lipinski definition) is 7. The number of halogens is 3. The number of rotatable bonds is 8. The molecule has 1 aromatic rings. The van der Waals surface area contributed by atoms with E-state index in [1.54, 1.807) is 6.92 Å². The molecule has 0 spiro atoms. The van der Waals surface area contributed by atoms with Gasteiger partial charge in [0, 0.05) is 13.0 Å². The van der Waals surface area contributed by atoms with Crippen LogP contribution in [0.1, 0.15) is 49.7 Å². The first-order valence-electron chi connectivity index (χ1n) is 10.4. The summed E-state index contributed by atoms with van der Waals surface area (Å²) in [6.45, 7) is 0.989. The van der Waals surface area contributed by atoms with Crippen molar-refractivity contribution in [3.8, 4) is 0 Å². The van der Waals surface area contributed by atoms with E-state index in [1.807, 2.05) is 0 Å². The Hall–Kier alpha value is -3.30. The average molecular weight is 467 g/mol. The fourth-order valence-electron chi connectivity index (χ4n) is 3.96. The van der Waals surface area contributed by atoms with Crippen LogP contribution in [0.5, 0.6) is 0 Å². The summed E-state index contributed by atoms with van der Waals surface area (Å²) < 4.78 is 58.3. The topological polar surface area (TPSA) is 90.9 Å². The molecule has 1 atom stereocenters. The summed E-state index contributed by atoms with van der Waals surface area (Å²) >= 11 is 0. The van der Waals surface area contributed by atoms with Crippen molar-refractivity contribution in [2.24, 2.45) is 0 Å². The Morgan fingerprint density at radius 1 is 1.06 bits per heavy atom. The number of ether oxygens (including phenoxy) is 3. The monoisotopic (exact) mass is 467 g/mol. The molecule has 1 saturated carbocycles. The van der Waals surface area contributed by atoms with Gasteiger partial charge in [-0.3, -0.25) is 4.79 Å². The van der Waals surface area contributed by atoms with E-state index < -0.39 is 48.7 Å². The number of alkyl halides is 1. The Morgan fingerprint density at radius 3 is 2.27 bits per heavy atom. The van der Waals surface area contributed by atoms with Crippen LogP contribution in [0.25, 0.3) is 0 Å². The molecule has 3 rings (SSSR count). The van der Waals surface area contributed by atoms with E-state index in [4.69, 9.17) is 14.2 Å². The zero-order valence-corrected chi connectivity index (χ0v) is 18.4. The molecule has 178 valence electrons. The highest BCUT2D eigenvalue weighted by Crippen LogP contribution is 2.49. The van der Waals surface area contributed by atoms with Gasteiger partial charge in [-0.1, -0.05) is 0 Å². The molecule has 1 heterocycles. The molecular formula is C23H24F3NO6. The van der Waals surface area contributed by atoms with Gasteiger partial charge in [-0.25, -0.2) is 22.8 Å². The molecule has 1 aliphatic carbocycles. The van der Waals surface area contributed by atoms with E-state index in [-0.39, 0.29) is 46.2 Å². The van der Waals surface area contributed by atoms with Crippen molar-refractivity contribution >= 4 is 17.9 Å². The molecule has 0 radical (unpaired) electrons. The molecule has 2 aliphatic rings. The first-order chi connectivity index (χ1) is 15.7. The van der Waals surface area contributed by atoms with Crippen LogP contribution in [-0.4, -0.2) is 44.9 Å². The smallest absolute Gasteiger partial charge is 0.336 e. The van der Waals surface area contributed by atoms with Crippen molar-refractivity contribution in [2.45, 2.75) is 38.5 Å². The van der Waals surface area contributed by atoms with Gasteiger partial charge in [-0.15, -0.1) is 0 Å². The minimum Gasteiger partial charge on any atom is -0.466 e. The molecule has 33 heavy (non-hydrogen) atoms. The molecule has 0 amide bonds. The van der Waals surface area contributed by atoms with Crippen LogP contribution >= 0.6 is 0 Å². The summed E-state index contributed by atoms with van der Waals surface area (Å²) in [5, 5.41) is 2.62. The predicted octanol–water partition coefficient (Wildman–Crippen LogP) is 3.31. The molecule has 1 N–H and O–H groups in total. The largest absolute Gasteiger partial charge is 0.466 e. The van der Waals surface area contributed by atoms with Gasteiger partial charge in [0.05, 0.1) is 42.2 Å². The Balaban J connectivity index is 2.34. The number of methoxy groups -OCH3 is 1. The lowest BCUT2D eigenvalue weighted by atomic mass is 9.77. The second-order valence-electron chi connectivity index (χ2n) is 7.63. The number of allylic oxidation sites excluding steroid dienone is 1. The minimum atomic E-state index is -1.41. The summed E-state index contributed by atoms with van der Waals surface area (Å²) in [7, 11) is 1.07. The highest BCUT2D eigenvalue weighted by Gasteiger charge is 2.43. The van der Waals surface area contributed by atoms with Crippen molar-refractivity contribution in [1.29, 1.82) is 0 Å². The number of esters is 3. The maximum Gasteiger partial charge on any atom is 0.336 e. The Bertz CT molecular complexity index is 1040. The lowest BCUT2D eigenvalue weighted by Crippen LogP contribution is -2.36. The number of dihydropyridines is 1. The molecule has 1 aromatic carbocycles. The normalized spacial score (nSPS) is 18.1. The van der Waals surface area contributed by atoms with Gasteiger partial charge in [0.1, 0.15) is 24.9 Å². The van der Waals surface area contributed by atoms with Crippen LogP contribution in [0.2, 0.25) is 0 Å². The maximum atomic E-state index is 14.9. The number of carbonyl (C=O) groups is 3. The van der Waals surface area contributed by atoms with E-state index in [9.17, 15) is 27.6 Å². The van der Waals surface area contributed by atoms with Gasteiger partial charge in [-0.2, -0.15) is 0 Å². The van der Waals surface area contributed by atoms with Crippen LogP contribution in [0, 0.1) is 11.6 Å².